The summed E-state index contributed by atoms with van der Waals surface area (Å²) in [5, 5.41) is 0. The summed E-state index contributed by atoms with van der Waals surface area (Å²) >= 11 is 0. The first-order valence-electron chi connectivity index (χ1n) is 11.4. The fourth-order valence-corrected chi connectivity index (χ4v) is 4.45. The maximum atomic E-state index is 5.99. The summed E-state index contributed by atoms with van der Waals surface area (Å²) in [5.41, 5.74) is 6.76. The molecule has 5 heteroatoms. The Morgan fingerprint density at radius 1 is 1.10 bits per heavy atom. The lowest BCUT2D eigenvalue weighted by Crippen LogP contribution is -3.10. The fraction of sp³-hybridized carbons (Fsp3) is 0.520. The van der Waals surface area contributed by atoms with Crippen LogP contribution in [0.15, 0.2) is 24.4 Å². The van der Waals surface area contributed by atoms with Gasteiger partial charge >= 0.3 is 0 Å². The second-order valence-corrected chi connectivity index (χ2v) is 9.07. The molecule has 1 saturated heterocycles. The van der Waals surface area contributed by atoms with Gasteiger partial charge in [0.05, 0.1) is 37.8 Å². The number of imidazole rings is 1. The number of benzene rings is 1. The molecule has 0 radical (unpaired) electrons. The number of pyridine rings is 1. The van der Waals surface area contributed by atoms with Gasteiger partial charge in [0.25, 0.3) is 0 Å². The van der Waals surface area contributed by atoms with Crippen LogP contribution in [-0.2, 0) is 0 Å². The van der Waals surface area contributed by atoms with Crippen molar-refractivity contribution in [2.75, 3.05) is 26.7 Å². The van der Waals surface area contributed by atoms with Crippen LogP contribution in [0.1, 0.15) is 48.8 Å². The number of hydrogen-bond donors (Lipinski definition) is 2. The first-order chi connectivity index (χ1) is 14.5. The summed E-state index contributed by atoms with van der Waals surface area (Å²) in [6, 6.07) is 6.27. The highest BCUT2D eigenvalue weighted by atomic mass is 16.5. The number of H-pyrrole nitrogens is 1. The van der Waals surface area contributed by atoms with Crippen molar-refractivity contribution in [2.45, 2.75) is 52.9 Å². The largest absolute Gasteiger partial charge is 0.478 e. The predicted octanol–water partition coefficient (Wildman–Crippen LogP) is 4.02. The predicted molar refractivity (Wildman–Crippen MR) is 122 cm³/mol. The van der Waals surface area contributed by atoms with Crippen LogP contribution in [0.25, 0.3) is 22.4 Å². The van der Waals surface area contributed by atoms with Gasteiger partial charge in [0, 0.05) is 17.8 Å². The Hall–Kier alpha value is -2.40. The monoisotopic (exact) mass is 407 g/mol. The SMILES string of the molecule is Cc1cnc(OCCCCC2CC[NH+](C)CC2)cc1-c1nc2c(C)c(C)ccc2[nH]1. The molecule has 30 heavy (non-hydrogen) atoms. The molecule has 0 saturated carbocycles. The molecule has 0 spiro atoms. The zero-order valence-electron chi connectivity index (χ0n) is 18.8. The summed E-state index contributed by atoms with van der Waals surface area (Å²) in [5.74, 6) is 2.48. The Kier molecular flexibility index (Phi) is 6.38. The van der Waals surface area contributed by atoms with Crippen LogP contribution in [-0.4, -0.2) is 41.7 Å². The van der Waals surface area contributed by atoms with E-state index in [4.69, 9.17) is 9.72 Å². The number of ether oxygens (including phenoxy) is 1. The van der Waals surface area contributed by atoms with Crippen molar-refractivity contribution < 1.29 is 9.64 Å². The zero-order valence-corrected chi connectivity index (χ0v) is 18.8. The Balaban J connectivity index is 1.36. The van der Waals surface area contributed by atoms with Crippen LogP contribution in [0.4, 0.5) is 0 Å². The number of piperidine rings is 1. The standard InChI is InChI=1S/C25H34N4O/c1-17-8-9-22-24(19(17)3)28-25(27-22)21-15-23(26-16-18(21)2)30-14-6-5-7-20-10-12-29(4)13-11-20/h8-9,15-16,20H,5-7,10-14H2,1-4H3,(H,27,28)/p+1. The van der Waals surface area contributed by atoms with E-state index in [1.807, 2.05) is 12.3 Å². The molecule has 2 N–H and O–H groups in total. The number of aromatic nitrogens is 3. The van der Waals surface area contributed by atoms with E-state index in [9.17, 15) is 0 Å². The summed E-state index contributed by atoms with van der Waals surface area (Å²) in [6.07, 6.45) is 8.31. The second-order valence-electron chi connectivity index (χ2n) is 9.07. The van der Waals surface area contributed by atoms with Crippen LogP contribution < -0.4 is 9.64 Å². The first kappa shape index (κ1) is 20.9. The average molecular weight is 408 g/mol. The quantitative estimate of drug-likeness (QED) is 0.582. The van der Waals surface area contributed by atoms with Crippen molar-refractivity contribution in [2.24, 2.45) is 5.92 Å². The average Bonchev–Trinajstić information content (AvgIpc) is 3.18. The minimum Gasteiger partial charge on any atom is -0.478 e. The Bertz CT molecular complexity index is 1000. The van der Waals surface area contributed by atoms with E-state index in [0.29, 0.717) is 5.88 Å². The van der Waals surface area contributed by atoms with Gasteiger partial charge in [-0.1, -0.05) is 6.07 Å². The van der Waals surface area contributed by atoms with Crippen LogP contribution in [0.2, 0.25) is 0 Å². The molecule has 0 amide bonds. The van der Waals surface area contributed by atoms with Crippen LogP contribution in [0.5, 0.6) is 5.88 Å². The highest BCUT2D eigenvalue weighted by Gasteiger charge is 2.18. The number of aryl methyl sites for hydroxylation is 3. The summed E-state index contributed by atoms with van der Waals surface area (Å²) in [6.45, 7) is 9.71. The summed E-state index contributed by atoms with van der Waals surface area (Å²) < 4.78 is 5.99. The van der Waals surface area contributed by atoms with E-state index in [0.717, 1.165) is 46.9 Å². The number of nitrogens with one attached hydrogen (secondary N) is 2. The van der Waals surface area contributed by atoms with Gasteiger partial charge in [-0.2, -0.15) is 0 Å². The third-order valence-corrected chi connectivity index (χ3v) is 6.73. The van der Waals surface area contributed by atoms with E-state index in [1.165, 1.54) is 49.9 Å². The molecule has 5 nitrogen and oxygen atoms in total. The van der Waals surface area contributed by atoms with E-state index in [1.54, 1.807) is 4.90 Å². The number of nitrogens with zero attached hydrogens (tertiary/aromatic N) is 2. The molecule has 1 aliphatic heterocycles. The molecule has 1 aromatic carbocycles. The van der Waals surface area contributed by atoms with Gasteiger partial charge in [0.15, 0.2) is 0 Å². The number of rotatable bonds is 7. The van der Waals surface area contributed by atoms with Crippen molar-refractivity contribution >= 4 is 11.0 Å². The Labute approximate surface area is 179 Å². The minimum atomic E-state index is 0.687. The highest BCUT2D eigenvalue weighted by molar-refractivity contribution is 5.83. The lowest BCUT2D eigenvalue weighted by molar-refractivity contribution is -0.886. The van der Waals surface area contributed by atoms with E-state index in [2.05, 4.69) is 49.9 Å². The maximum Gasteiger partial charge on any atom is 0.213 e. The van der Waals surface area contributed by atoms with Gasteiger partial charge in [-0.15, -0.1) is 0 Å². The molecule has 3 aromatic rings. The van der Waals surface area contributed by atoms with Crippen molar-refractivity contribution in [3.8, 4) is 17.3 Å². The third kappa shape index (κ3) is 4.67. The summed E-state index contributed by atoms with van der Waals surface area (Å²) in [4.78, 5) is 14.5. The molecular formula is C25H35N4O+. The number of aromatic amines is 1. The van der Waals surface area contributed by atoms with Gasteiger partial charge in [-0.25, -0.2) is 9.97 Å². The van der Waals surface area contributed by atoms with Gasteiger partial charge in [-0.3, -0.25) is 0 Å². The van der Waals surface area contributed by atoms with Gasteiger partial charge < -0.3 is 14.6 Å². The fourth-order valence-electron chi connectivity index (χ4n) is 4.45. The maximum absolute atomic E-state index is 5.99. The lowest BCUT2D eigenvalue weighted by Gasteiger charge is -2.26. The van der Waals surface area contributed by atoms with E-state index in [-0.39, 0.29) is 0 Å². The molecular weight excluding hydrogens is 372 g/mol. The van der Waals surface area contributed by atoms with Crippen LogP contribution in [0, 0.1) is 26.7 Å². The molecule has 3 heterocycles. The molecule has 0 aliphatic carbocycles. The van der Waals surface area contributed by atoms with Crippen molar-refractivity contribution in [3.05, 3.63) is 41.1 Å². The van der Waals surface area contributed by atoms with Gasteiger partial charge in [0.1, 0.15) is 5.82 Å². The minimum absolute atomic E-state index is 0.687. The molecule has 1 fully saturated rings. The van der Waals surface area contributed by atoms with Crippen LogP contribution >= 0.6 is 0 Å². The Morgan fingerprint density at radius 3 is 2.70 bits per heavy atom. The Morgan fingerprint density at radius 2 is 1.90 bits per heavy atom. The molecule has 0 atom stereocenters. The highest BCUT2D eigenvalue weighted by Crippen LogP contribution is 2.28. The molecule has 2 aromatic heterocycles. The smallest absolute Gasteiger partial charge is 0.213 e. The van der Waals surface area contributed by atoms with Gasteiger partial charge in [0.2, 0.25) is 5.88 Å². The van der Waals surface area contributed by atoms with Gasteiger partial charge in [-0.05, 0) is 81.5 Å². The van der Waals surface area contributed by atoms with Crippen LogP contribution in [0.3, 0.4) is 0 Å². The zero-order chi connectivity index (χ0) is 21.1. The van der Waals surface area contributed by atoms with Crippen molar-refractivity contribution in [1.82, 2.24) is 15.0 Å². The number of fused-ring (bicyclic) bond motifs is 1. The molecule has 1 aliphatic rings. The normalized spacial score (nSPS) is 19.3. The summed E-state index contributed by atoms with van der Waals surface area (Å²) in [7, 11) is 2.31. The number of unbranched alkanes of at least 4 members (excludes halogenated alkanes) is 1. The first-order valence-corrected chi connectivity index (χ1v) is 11.4. The lowest BCUT2D eigenvalue weighted by atomic mass is 9.92. The van der Waals surface area contributed by atoms with E-state index >= 15 is 0 Å². The van der Waals surface area contributed by atoms with Crippen molar-refractivity contribution in [1.29, 1.82) is 0 Å². The topological polar surface area (TPSA) is 55.2 Å². The van der Waals surface area contributed by atoms with E-state index < -0.39 is 0 Å². The second kappa shape index (κ2) is 9.17. The van der Waals surface area contributed by atoms with Crippen molar-refractivity contribution in [3.63, 3.8) is 0 Å². The molecule has 4 rings (SSSR count). The molecule has 0 unspecified atom stereocenters. The third-order valence-electron chi connectivity index (χ3n) is 6.73. The molecule has 160 valence electrons. The number of quaternary nitrogens is 1. The number of likely N-dealkylation sites (tertiary alicyclic amines) is 1. The number of hydrogen-bond acceptors (Lipinski definition) is 3. The molecule has 0 bridgehead atoms.